The zero-order valence-corrected chi connectivity index (χ0v) is 8.49. The Morgan fingerprint density at radius 1 is 1.36 bits per heavy atom. The van der Waals surface area contributed by atoms with Crippen molar-refractivity contribution in [2.24, 2.45) is 0 Å². The number of nitrogens with one attached hydrogen (secondary N) is 1. The van der Waals surface area contributed by atoms with Gasteiger partial charge >= 0.3 is 5.97 Å². The summed E-state index contributed by atoms with van der Waals surface area (Å²) in [6, 6.07) is 0. The predicted octanol–water partition coefficient (Wildman–Crippen LogP) is -1.25. The molecule has 0 aliphatic heterocycles. The van der Waals surface area contributed by atoms with Crippen LogP contribution in [0.5, 0.6) is 0 Å². The van der Waals surface area contributed by atoms with Crippen molar-refractivity contribution in [1.82, 2.24) is 10.2 Å². The van der Waals surface area contributed by atoms with Crippen LogP contribution in [0.1, 0.15) is 6.92 Å². The molecule has 0 aliphatic carbocycles. The maximum absolute atomic E-state index is 11.2. The molecule has 0 spiro atoms. The molecule has 0 atom stereocenters. The number of ether oxygens (including phenoxy) is 1. The molecule has 0 aliphatic rings. The molecule has 0 rings (SSSR count). The van der Waals surface area contributed by atoms with Crippen LogP contribution >= 0.6 is 0 Å². The molecule has 6 nitrogen and oxygen atoms in total. The lowest BCUT2D eigenvalue weighted by atomic mass is 10.4. The Kier molecular flexibility index (Phi) is 5.28. The third kappa shape index (κ3) is 5.13. The van der Waals surface area contributed by atoms with Crippen molar-refractivity contribution in [1.29, 1.82) is 0 Å². The smallest absolute Gasteiger partial charge is 0.325 e. The highest BCUT2D eigenvalue weighted by Gasteiger charge is 2.12. The lowest BCUT2D eigenvalue weighted by Gasteiger charge is -2.15. The number of carbonyl (C=O) groups excluding carboxylic acids is 3. The molecular formula is C8H14N2O4. The first-order valence-corrected chi connectivity index (χ1v) is 4.02. The average Bonchev–Trinajstić information content (AvgIpc) is 2.13. The van der Waals surface area contributed by atoms with Gasteiger partial charge in [-0.05, 0) is 0 Å². The summed E-state index contributed by atoms with van der Waals surface area (Å²) in [6.45, 7) is 1.09. The van der Waals surface area contributed by atoms with Crippen LogP contribution in [0.3, 0.4) is 0 Å². The van der Waals surface area contributed by atoms with E-state index in [0.717, 1.165) is 0 Å². The normalized spacial score (nSPS) is 9.07. The summed E-state index contributed by atoms with van der Waals surface area (Å²) in [4.78, 5) is 33.6. The zero-order chi connectivity index (χ0) is 11.1. The monoisotopic (exact) mass is 202 g/mol. The van der Waals surface area contributed by atoms with Gasteiger partial charge in [-0.3, -0.25) is 14.4 Å². The fourth-order valence-corrected chi connectivity index (χ4v) is 0.681. The van der Waals surface area contributed by atoms with E-state index in [9.17, 15) is 14.4 Å². The molecule has 0 saturated heterocycles. The first-order chi connectivity index (χ1) is 6.47. The molecule has 2 amide bonds. The Labute approximate surface area is 82.2 Å². The Morgan fingerprint density at radius 2 is 1.93 bits per heavy atom. The van der Waals surface area contributed by atoms with Gasteiger partial charge in [0.05, 0.1) is 13.7 Å². The van der Waals surface area contributed by atoms with Crippen LogP contribution in [0.15, 0.2) is 0 Å². The quantitative estimate of drug-likeness (QED) is 0.578. The van der Waals surface area contributed by atoms with E-state index in [1.54, 1.807) is 0 Å². The number of carbonyl (C=O) groups is 3. The number of hydrogen-bond donors (Lipinski definition) is 1. The molecule has 0 aromatic heterocycles. The molecule has 0 fully saturated rings. The molecule has 0 saturated carbocycles. The van der Waals surface area contributed by atoms with Crippen molar-refractivity contribution in [2.75, 3.05) is 27.2 Å². The number of methoxy groups -OCH3 is 1. The van der Waals surface area contributed by atoms with Crippen molar-refractivity contribution in [3.05, 3.63) is 0 Å². The molecule has 0 unspecified atom stereocenters. The van der Waals surface area contributed by atoms with Crippen LogP contribution in [0.2, 0.25) is 0 Å². The summed E-state index contributed by atoms with van der Waals surface area (Å²) >= 11 is 0. The maximum atomic E-state index is 11.2. The predicted molar refractivity (Wildman–Crippen MR) is 48.3 cm³/mol. The Morgan fingerprint density at radius 3 is 2.36 bits per heavy atom. The third-order valence-electron chi connectivity index (χ3n) is 1.51. The van der Waals surface area contributed by atoms with Crippen molar-refractivity contribution in [3.63, 3.8) is 0 Å². The molecular weight excluding hydrogens is 188 g/mol. The molecule has 6 heteroatoms. The molecule has 0 aromatic rings. The molecule has 80 valence electrons. The molecule has 1 N–H and O–H groups in total. The van der Waals surface area contributed by atoms with Crippen LogP contribution < -0.4 is 5.32 Å². The lowest BCUT2D eigenvalue weighted by Crippen LogP contribution is -2.39. The van der Waals surface area contributed by atoms with E-state index in [1.807, 2.05) is 0 Å². The van der Waals surface area contributed by atoms with E-state index in [4.69, 9.17) is 0 Å². The van der Waals surface area contributed by atoms with Gasteiger partial charge in [0.15, 0.2) is 0 Å². The second-order valence-corrected chi connectivity index (χ2v) is 2.74. The lowest BCUT2D eigenvalue weighted by molar-refractivity contribution is -0.145. The van der Waals surface area contributed by atoms with E-state index in [-0.39, 0.29) is 24.9 Å². The number of rotatable bonds is 4. The average molecular weight is 202 g/mol. The first kappa shape index (κ1) is 12.4. The highest BCUT2D eigenvalue weighted by atomic mass is 16.5. The summed E-state index contributed by atoms with van der Waals surface area (Å²) in [5.41, 5.74) is 0. The molecule has 0 aromatic carbocycles. The highest BCUT2D eigenvalue weighted by Crippen LogP contribution is 1.85. The van der Waals surface area contributed by atoms with Crippen molar-refractivity contribution >= 4 is 17.8 Å². The van der Waals surface area contributed by atoms with Crippen LogP contribution in [0.4, 0.5) is 0 Å². The largest absolute Gasteiger partial charge is 0.468 e. The topological polar surface area (TPSA) is 75.7 Å². The van der Waals surface area contributed by atoms with Crippen molar-refractivity contribution in [2.45, 2.75) is 6.92 Å². The van der Waals surface area contributed by atoms with Crippen LogP contribution in [-0.4, -0.2) is 49.9 Å². The van der Waals surface area contributed by atoms with E-state index in [0.29, 0.717) is 0 Å². The minimum Gasteiger partial charge on any atom is -0.468 e. The summed E-state index contributed by atoms with van der Waals surface area (Å²) in [7, 11) is 2.70. The Bertz CT molecular complexity index is 239. The van der Waals surface area contributed by atoms with Crippen molar-refractivity contribution < 1.29 is 19.1 Å². The van der Waals surface area contributed by atoms with E-state index in [1.165, 1.54) is 26.0 Å². The number of amides is 2. The summed E-state index contributed by atoms with van der Waals surface area (Å²) in [6.07, 6.45) is 0. The minimum atomic E-state index is -0.497. The van der Waals surface area contributed by atoms with Crippen LogP contribution in [-0.2, 0) is 19.1 Å². The Hall–Kier alpha value is -1.59. The summed E-state index contributed by atoms with van der Waals surface area (Å²) in [5, 5.41) is 2.34. The van der Waals surface area contributed by atoms with Gasteiger partial charge in [-0.15, -0.1) is 0 Å². The van der Waals surface area contributed by atoms with Gasteiger partial charge in [0, 0.05) is 14.0 Å². The number of esters is 1. The van der Waals surface area contributed by atoms with Crippen molar-refractivity contribution in [3.8, 4) is 0 Å². The SMILES string of the molecule is COC(=O)CN(C)C(=O)CNC(C)=O. The van der Waals surface area contributed by atoms with Gasteiger partial charge in [0.2, 0.25) is 11.8 Å². The third-order valence-corrected chi connectivity index (χ3v) is 1.51. The summed E-state index contributed by atoms with van der Waals surface area (Å²) < 4.78 is 4.38. The van der Waals surface area contributed by atoms with E-state index in [2.05, 4.69) is 10.1 Å². The number of likely N-dealkylation sites (N-methyl/N-ethyl adjacent to an activating group) is 1. The van der Waals surface area contributed by atoms with Crippen LogP contribution in [0.25, 0.3) is 0 Å². The standard InChI is InChI=1S/C8H14N2O4/c1-6(11)9-4-7(12)10(2)5-8(13)14-3/h4-5H2,1-3H3,(H,9,11). The second kappa shape index (κ2) is 5.95. The number of nitrogens with zero attached hydrogens (tertiary/aromatic N) is 1. The van der Waals surface area contributed by atoms with Crippen LogP contribution in [0, 0.1) is 0 Å². The zero-order valence-electron chi connectivity index (χ0n) is 8.49. The highest BCUT2D eigenvalue weighted by molar-refractivity contribution is 5.86. The van der Waals surface area contributed by atoms with Gasteiger partial charge < -0.3 is 15.0 Å². The van der Waals surface area contributed by atoms with Gasteiger partial charge in [-0.2, -0.15) is 0 Å². The first-order valence-electron chi connectivity index (χ1n) is 4.02. The van der Waals surface area contributed by atoms with Gasteiger partial charge in [-0.25, -0.2) is 0 Å². The molecule has 0 radical (unpaired) electrons. The minimum absolute atomic E-state index is 0.108. The van der Waals surface area contributed by atoms with Gasteiger partial charge in [0.1, 0.15) is 6.54 Å². The summed E-state index contributed by atoms with van der Waals surface area (Å²) in [5.74, 6) is -1.13. The molecule has 14 heavy (non-hydrogen) atoms. The molecule has 0 heterocycles. The fourth-order valence-electron chi connectivity index (χ4n) is 0.681. The van der Waals surface area contributed by atoms with Gasteiger partial charge in [0.25, 0.3) is 0 Å². The molecule has 0 bridgehead atoms. The maximum Gasteiger partial charge on any atom is 0.325 e. The second-order valence-electron chi connectivity index (χ2n) is 2.74. The van der Waals surface area contributed by atoms with E-state index < -0.39 is 5.97 Å². The number of hydrogen-bond acceptors (Lipinski definition) is 4. The fraction of sp³-hybridized carbons (Fsp3) is 0.625. The van der Waals surface area contributed by atoms with Gasteiger partial charge in [-0.1, -0.05) is 0 Å². The van der Waals surface area contributed by atoms with E-state index >= 15 is 0 Å². The Balaban J connectivity index is 3.87.